The summed E-state index contributed by atoms with van der Waals surface area (Å²) in [4.78, 5) is 15.2. The molecule has 2 aliphatic carbocycles. The number of fused-ring (bicyclic) bond motifs is 1. The van der Waals surface area contributed by atoms with E-state index in [2.05, 4.69) is 17.1 Å². The van der Waals surface area contributed by atoms with Crippen LogP contribution in [0.3, 0.4) is 0 Å². The maximum Gasteiger partial charge on any atom is 0.327 e. The molecule has 0 aromatic rings. The molecule has 3 rings (SSSR count). The summed E-state index contributed by atoms with van der Waals surface area (Å²) in [6.07, 6.45) is 6.50. The van der Waals surface area contributed by atoms with Crippen LogP contribution in [0.2, 0.25) is 0 Å². The topological polar surface area (TPSA) is 41.6 Å². The molecular formula is C17H30N2O2. The van der Waals surface area contributed by atoms with Gasteiger partial charge in [-0.1, -0.05) is 13.3 Å². The molecule has 1 N–H and O–H groups in total. The first-order valence-electron chi connectivity index (χ1n) is 8.84. The van der Waals surface area contributed by atoms with Gasteiger partial charge in [-0.25, -0.2) is 4.79 Å². The van der Waals surface area contributed by atoms with Gasteiger partial charge in [-0.15, -0.1) is 0 Å². The van der Waals surface area contributed by atoms with Crippen molar-refractivity contribution in [2.75, 3.05) is 32.8 Å². The third-order valence-electron chi connectivity index (χ3n) is 5.68. The van der Waals surface area contributed by atoms with Crippen LogP contribution in [0.1, 0.15) is 46.0 Å². The number of nitrogens with zero attached hydrogens (tertiary/aromatic N) is 1. The van der Waals surface area contributed by atoms with E-state index in [1.165, 1.54) is 32.4 Å². The van der Waals surface area contributed by atoms with Crippen molar-refractivity contribution < 1.29 is 9.53 Å². The smallest absolute Gasteiger partial charge is 0.327 e. The van der Waals surface area contributed by atoms with Crippen LogP contribution in [-0.4, -0.2) is 49.2 Å². The maximum atomic E-state index is 12.7. The Morgan fingerprint density at radius 2 is 1.86 bits per heavy atom. The largest absolute Gasteiger partial charge is 0.465 e. The van der Waals surface area contributed by atoms with Crippen LogP contribution >= 0.6 is 0 Å². The Kier molecular flexibility index (Phi) is 4.55. The van der Waals surface area contributed by atoms with E-state index in [0.717, 1.165) is 37.8 Å². The molecule has 2 saturated carbocycles. The third-order valence-corrected chi connectivity index (χ3v) is 5.68. The van der Waals surface area contributed by atoms with Gasteiger partial charge in [0.15, 0.2) is 0 Å². The molecule has 3 aliphatic rings. The fourth-order valence-electron chi connectivity index (χ4n) is 4.60. The first-order valence-corrected chi connectivity index (χ1v) is 8.84. The molecule has 0 amide bonds. The number of hydrogen-bond donors (Lipinski definition) is 1. The quantitative estimate of drug-likeness (QED) is 0.730. The molecule has 0 spiro atoms. The minimum Gasteiger partial charge on any atom is -0.465 e. The van der Waals surface area contributed by atoms with Crippen molar-refractivity contribution in [3.8, 4) is 0 Å². The summed E-state index contributed by atoms with van der Waals surface area (Å²) < 4.78 is 5.44. The molecular weight excluding hydrogens is 264 g/mol. The highest BCUT2D eigenvalue weighted by molar-refractivity contribution is 5.82. The lowest BCUT2D eigenvalue weighted by molar-refractivity contribution is -0.153. The second-order valence-electron chi connectivity index (χ2n) is 7.14. The second-order valence-corrected chi connectivity index (χ2v) is 7.14. The van der Waals surface area contributed by atoms with E-state index in [-0.39, 0.29) is 5.97 Å². The summed E-state index contributed by atoms with van der Waals surface area (Å²) in [5.41, 5.74) is -0.455. The molecule has 0 bridgehead atoms. The van der Waals surface area contributed by atoms with Gasteiger partial charge in [0, 0.05) is 19.6 Å². The van der Waals surface area contributed by atoms with Crippen LogP contribution < -0.4 is 5.32 Å². The zero-order valence-electron chi connectivity index (χ0n) is 13.6. The SMILES string of the molecule is CCNC(CN1CC2CCCC2C1)(C(=O)OCC)C1CC1. The zero-order valence-corrected chi connectivity index (χ0v) is 13.6. The molecule has 4 nitrogen and oxygen atoms in total. The van der Waals surface area contributed by atoms with Crippen molar-refractivity contribution in [1.82, 2.24) is 10.2 Å². The summed E-state index contributed by atoms with van der Waals surface area (Å²) in [6.45, 7) is 8.52. The van der Waals surface area contributed by atoms with Gasteiger partial charge in [0.05, 0.1) is 6.61 Å². The molecule has 1 aliphatic heterocycles. The van der Waals surface area contributed by atoms with Crippen LogP contribution in [-0.2, 0) is 9.53 Å². The highest BCUT2D eigenvalue weighted by Crippen LogP contribution is 2.43. The van der Waals surface area contributed by atoms with E-state index in [4.69, 9.17) is 4.74 Å². The summed E-state index contributed by atoms with van der Waals surface area (Å²) in [7, 11) is 0. The average molecular weight is 294 g/mol. The van der Waals surface area contributed by atoms with Crippen molar-refractivity contribution >= 4 is 5.97 Å². The average Bonchev–Trinajstić information content (AvgIpc) is 3.11. The lowest BCUT2D eigenvalue weighted by atomic mass is 9.92. The fourth-order valence-corrected chi connectivity index (χ4v) is 4.60. The van der Waals surface area contributed by atoms with Crippen LogP contribution in [0.5, 0.6) is 0 Å². The standard InChI is InChI=1S/C17H30N2O2/c1-3-18-17(15-8-9-15,16(20)21-4-2)12-19-10-13-6-5-7-14(13)11-19/h13-15,18H,3-12H2,1-2H3. The lowest BCUT2D eigenvalue weighted by Crippen LogP contribution is -2.61. The Hall–Kier alpha value is -0.610. The van der Waals surface area contributed by atoms with Crippen molar-refractivity contribution in [2.24, 2.45) is 17.8 Å². The van der Waals surface area contributed by atoms with Gasteiger partial charge in [-0.05, 0) is 56.9 Å². The van der Waals surface area contributed by atoms with Gasteiger partial charge in [-0.3, -0.25) is 0 Å². The molecule has 0 aromatic heterocycles. The number of esters is 1. The molecule has 0 aromatic carbocycles. The summed E-state index contributed by atoms with van der Waals surface area (Å²) in [6, 6.07) is 0. The molecule has 3 unspecified atom stereocenters. The van der Waals surface area contributed by atoms with Crippen LogP contribution in [0.15, 0.2) is 0 Å². The summed E-state index contributed by atoms with van der Waals surface area (Å²) in [5.74, 6) is 2.21. The van der Waals surface area contributed by atoms with Crippen LogP contribution in [0.4, 0.5) is 0 Å². The van der Waals surface area contributed by atoms with Gasteiger partial charge in [0.1, 0.15) is 5.54 Å². The van der Waals surface area contributed by atoms with Crippen molar-refractivity contribution in [2.45, 2.75) is 51.5 Å². The number of rotatable bonds is 7. The Bertz CT molecular complexity index is 371. The van der Waals surface area contributed by atoms with Crippen molar-refractivity contribution in [3.63, 3.8) is 0 Å². The second kappa shape index (κ2) is 6.25. The predicted octanol–water partition coefficient (Wildman–Crippen LogP) is 2.04. The number of hydrogen-bond acceptors (Lipinski definition) is 4. The molecule has 0 radical (unpaired) electrons. The van der Waals surface area contributed by atoms with E-state index < -0.39 is 5.54 Å². The number of likely N-dealkylation sites (tertiary alicyclic amines) is 1. The molecule has 120 valence electrons. The lowest BCUT2D eigenvalue weighted by Gasteiger charge is -2.36. The maximum absolute atomic E-state index is 12.7. The highest BCUT2D eigenvalue weighted by atomic mass is 16.5. The van der Waals surface area contributed by atoms with Gasteiger partial charge in [0.2, 0.25) is 0 Å². The Morgan fingerprint density at radius 1 is 1.19 bits per heavy atom. The van der Waals surface area contributed by atoms with Gasteiger partial charge in [0.25, 0.3) is 0 Å². The van der Waals surface area contributed by atoms with E-state index in [9.17, 15) is 4.79 Å². The van der Waals surface area contributed by atoms with Gasteiger partial charge >= 0.3 is 5.97 Å². The fraction of sp³-hybridized carbons (Fsp3) is 0.941. The predicted molar refractivity (Wildman–Crippen MR) is 83.0 cm³/mol. The number of carbonyl (C=O) groups is 1. The Labute approximate surface area is 128 Å². The zero-order chi connectivity index (χ0) is 14.9. The number of nitrogens with one attached hydrogen (secondary N) is 1. The van der Waals surface area contributed by atoms with E-state index in [0.29, 0.717) is 12.5 Å². The molecule has 4 heteroatoms. The molecule has 1 heterocycles. The molecule has 3 atom stereocenters. The summed E-state index contributed by atoms with van der Waals surface area (Å²) in [5, 5.41) is 3.52. The van der Waals surface area contributed by atoms with Crippen molar-refractivity contribution in [3.05, 3.63) is 0 Å². The monoisotopic (exact) mass is 294 g/mol. The number of ether oxygens (including phenoxy) is 1. The molecule has 1 saturated heterocycles. The first-order chi connectivity index (χ1) is 10.2. The number of likely N-dealkylation sites (N-methyl/N-ethyl adjacent to an activating group) is 1. The minimum absolute atomic E-state index is 0.0218. The Balaban J connectivity index is 1.71. The highest BCUT2D eigenvalue weighted by Gasteiger charge is 2.53. The summed E-state index contributed by atoms with van der Waals surface area (Å²) >= 11 is 0. The van der Waals surface area contributed by atoms with Gasteiger partial charge < -0.3 is 15.0 Å². The van der Waals surface area contributed by atoms with Crippen molar-refractivity contribution in [1.29, 1.82) is 0 Å². The van der Waals surface area contributed by atoms with E-state index >= 15 is 0 Å². The third kappa shape index (κ3) is 2.98. The van der Waals surface area contributed by atoms with Crippen LogP contribution in [0, 0.1) is 17.8 Å². The van der Waals surface area contributed by atoms with E-state index in [1.807, 2.05) is 6.92 Å². The van der Waals surface area contributed by atoms with Crippen LogP contribution in [0.25, 0.3) is 0 Å². The minimum atomic E-state index is -0.455. The van der Waals surface area contributed by atoms with E-state index in [1.54, 1.807) is 0 Å². The normalized spacial score (nSPS) is 31.9. The number of carbonyl (C=O) groups excluding carboxylic acids is 1. The first kappa shape index (κ1) is 15.3. The van der Waals surface area contributed by atoms with Gasteiger partial charge in [-0.2, -0.15) is 0 Å². The molecule has 3 fully saturated rings. The Morgan fingerprint density at radius 3 is 2.38 bits per heavy atom. The molecule has 21 heavy (non-hydrogen) atoms.